The van der Waals surface area contributed by atoms with E-state index in [0.717, 1.165) is 17.7 Å². The number of halogens is 1. The van der Waals surface area contributed by atoms with E-state index in [1.807, 2.05) is 12.1 Å². The first-order chi connectivity index (χ1) is 16.0. The molecular formula is C26H25BrN2O4. The average Bonchev–Trinajstić information content (AvgIpc) is 3.24. The molecule has 1 amide bonds. The van der Waals surface area contributed by atoms with Gasteiger partial charge in [-0.1, -0.05) is 26.2 Å². The summed E-state index contributed by atoms with van der Waals surface area (Å²) in [6.45, 7) is 2.87. The van der Waals surface area contributed by atoms with Crippen LogP contribution in [0.5, 0.6) is 11.5 Å². The summed E-state index contributed by atoms with van der Waals surface area (Å²) in [6, 6.07) is 17.5. The van der Waals surface area contributed by atoms with Crippen molar-refractivity contribution in [2.75, 3.05) is 11.9 Å². The fourth-order valence-electron chi connectivity index (χ4n) is 3.39. The lowest BCUT2D eigenvalue weighted by molar-refractivity contribution is 0.102. The molecule has 6 nitrogen and oxygen atoms in total. The van der Waals surface area contributed by atoms with Gasteiger partial charge in [0.25, 0.3) is 5.91 Å². The van der Waals surface area contributed by atoms with Crippen molar-refractivity contribution in [2.45, 2.75) is 32.6 Å². The Bertz CT molecular complexity index is 1250. The van der Waals surface area contributed by atoms with Crippen molar-refractivity contribution in [1.29, 1.82) is 0 Å². The topological polar surface area (TPSA) is 84.6 Å². The Labute approximate surface area is 200 Å². The third kappa shape index (κ3) is 5.73. The fourth-order valence-corrected chi connectivity index (χ4v) is 3.77. The number of ether oxygens (including phenoxy) is 1. The second-order valence-electron chi connectivity index (χ2n) is 7.76. The summed E-state index contributed by atoms with van der Waals surface area (Å²) in [5.74, 6) is 1.13. The van der Waals surface area contributed by atoms with Gasteiger partial charge >= 0.3 is 0 Å². The van der Waals surface area contributed by atoms with E-state index in [1.165, 1.54) is 19.3 Å². The Hall–Kier alpha value is -3.32. The number of carbonyl (C=O) groups is 1. The van der Waals surface area contributed by atoms with Crippen LogP contribution in [0, 0.1) is 0 Å². The molecule has 0 bridgehead atoms. The van der Waals surface area contributed by atoms with E-state index >= 15 is 0 Å². The monoisotopic (exact) mass is 508 g/mol. The number of hydrogen-bond donors (Lipinski definition) is 2. The number of rotatable bonds is 9. The predicted octanol–water partition coefficient (Wildman–Crippen LogP) is 7.17. The van der Waals surface area contributed by atoms with Gasteiger partial charge in [0, 0.05) is 16.8 Å². The van der Waals surface area contributed by atoms with Crippen LogP contribution in [0.25, 0.3) is 22.6 Å². The number of amides is 1. The molecule has 0 fully saturated rings. The number of carbonyl (C=O) groups excluding carboxylic acids is 1. The minimum absolute atomic E-state index is 0.145. The molecule has 0 radical (unpaired) electrons. The van der Waals surface area contributed by atoms with E-state index in [1.54, 1.807) is 48.5 Å². The first-order valence-electron chi connectivity index (χ1n) is 11.0. The van der Waals surface area contributed by atoms with Crippen molar-refractivity contribution in [3.63, 3.8) is 0 Å². The molecule has 0 aliphatic rings. The summed E-state index contributed by atoms with van der Waals surface area (Å²) in [6.07, 6.45) is 4.62. The van der Waals surface area contributed by atoms with Crippen LogP contribution in [0.1, 0.15) is 43.0 Å². The zero-order chi connectivity index (χ0) is 23.2. The third-order valence-electron chi connectivity index (χ3n) is 5.22. The van der Waals surface area contributed by atoms with Crippen LogP contribution >= 0.6 is 15.9 Å². The summed E-state index contributed by atoms with van der Waals surface area (Å²) in [5.41, 5.74) is 3.12. The Kier molecular flexibility index (Phi) is 7.29. The van der Waals surface area contributed by atoms with Crippen molar-refractivity contribution >= 4 is 38.6 Å². The average molecular weight is 509 g/mol. The third-order valence-corrected chi connectivity index (χ3v) is 5.86. The molecule has 33 heavy (non-hydrogen) atoms. The Morgan fingerprint density at radius 3 is 2.64 bits per heavy atom. The summed E-state index contributed by atoms with van der Waals surface area (Å²) in [7, 11) is 0. The van der Waals surface area contributed by atoms with E-state index in [0.29, 0.717) is 39.3 Å². The van der Waals surface area contributed by atoms with E-state index in [2.05, 4.69) is 33.2 Å². The number of anilines is 1. The van der Waals surface area contributed by atoms with Crippen LogP contribution in [0.4, 0.5) is 5.69 Å². The number of phenolic OH excluding ortho intramolecular Hbond substituents is 1. The van der Waals surface area contributed by atoms with Gasteiger partial charge in [-0.25, -0.2) is 4.98 Å². The molecule has 1 aromatic heterocycles. The molecule has 2 N–H and O–H groups in total. The van der Waals surface area contributed by atoms with Crippen LogP contribution in [0.2, 0.25) is 0 Å². The van der Waals surface area contributed by atoms with Crippen molar-refractivity contribution in [2.24, 2.45) is 0 Å². The minimum Gasteiger partial charge on any atom is -0.507 e. The Morgan fingerprint density at radius 1 is 1.06 bits per heavy atom. The summed E-state index contributed by atoms with van der Waals surface area (Å²) in [5, 5.41) is 12.6. The van der Waals surface area contributed by atoms with Crippen LogP contribution in [0.15, 0.2) is 69.6 Å². The quantitative estimate of drug-likeness (QED) is 0.234. The molecule has 170 valence electrons. The normalized spacial score (nSPS) is 11.0. The van der Waals surface area contributed by atoms with Crippen LogP contribution in [0.3, 0.4) is 0 Å². The zero-order valence-electron chi connectivity index (χ0n) is 18.3. The molecule has 3 aromatic carbocycles. The number of hydrogen-bond acceptors (Lipinski definition) is 5. The second-order valence-corrected chi connectivity index (χ2v) is 8.61. The molecule has 1 heterocycles. The van der Waals surface area contributed by atoms with E-state index in [4.69, 9.17) is 9.15 Å². The number of unbranched alkanes of at least 4 members (excludes halogenated alkanes) is 3. The van der Waals surface area contributed by atoms with Gasteiger partial charge in [-0.15, -0.1) is 0 Å². The standard InChI is InChI=1S/C26H25BrN2O4/c1-2-3-4-5-14-32-20-10-6-17(7-11-20)25(31)28-19-9-13-24-22(16-19)29-26(33-24)18-8-12-23(30)21(27)15-18/h6-13,15-16,30H,2-5,14H2,1H3,(H,28,31). The number of fused-ring (bicyclic) bond motifs is 1. The second kappa shape index (κ2) is 10.5. The highest BCUT2D eigenvalue weighted by molar-refractivity contribution is 9.10. The highest BCUT2D eigenvalue weighted by Crippen LogP contribution is 2.31. The Balaban J connectivity index is 1.41. The van der Waals surface area contributed by atoms with Gasteiger partial charge in [-0.2, -0.15) is 0 Å². The molecule has 0 saturated carbocycles. The maximum atomic E-state index is 12.7. The van der Waals surface area contributed by atoms with Crippen molar-refractivity contribution < 1.29 is 19.1 Å². The first kappa shape index (κ1) is 22.9. The number of aromatic hydroxyl groups is 1. The van der Waals surface area contributed by atoms with Gasteiger partial charge < -0.3 is 19.6 Å². The van der Waals surface area contributed by atoms with Crippen LogP contribution in [-0.2, 0) is 0 Å². The van der Waals surface area contributed by atoms with Crippen molar-refractivity contribution in [1.82, 2.24) is 4.98 Å². The van der Waals surface area contributed by atoms with Crippen molar-refractivity contribution in [3.8, 4) is 23.0 Å². The molecule has 0 aliphatic heterocycles. The minimum atomic E-state index is -0.213. The summed E-state index contributed by atoms with van der Waals surface area (Å²) >= 11 is 3.30. The van der Waals surface area contributed by atoms with Gasteiger partial charge in [0.15, 0.2) is 5.58 Å². The number of aromatic nitrogens is 1. The lowest BCUT2D eigenvalue weighted by Crippen LogP contribution is -2.11. The van der Waals surface area contributed by atoms with E-state index in [-0.39, 0.29) is 11.7 Å². The van der Waals surface area contributed by atoms with Crippen LogP contribution in [-0.4, -0.2) is 22.6 Å². The van der Waals surface area contributed by atoms with Gasteiger partial charge in [0.2, 0.25) is 5.89 Å². The maximum Gasteiger partial charge on any atom is 0.255 e. The predicted molar refractivity (Wildman–Crippen MR) is 133 cm³/mol. The SMILES string of the molecule is CCCCCCOc1ccc(C(=O)Nc2ccc3oc(-c4ccc(O)c(Br)c4)nc3c2)cc1. The zero-order valence-corrected chi connectivity index (χ0v) is 19.9. The van der Waals surface area contributed by atoms with E-state index < -0.39 is 0 Å². The number of nitrogens with one attached hydrogen (secondary N) is 1. The highest BCUT2D eigenvalue weighted by Gasteiger charge is 2.12. The molecule has 0 unspecified atom stereocenters. The molecular weight excluding hydrogens is 484 g/mol. The molecule has 4 aromatic rings. The van der Waals surface area contributed by atoms with E-state index in [9.17, 15) is 9.90 Å². The summed E-state index contributed by atoms with van der Waals surface area (Å²) < 4.78 is 12.1. The number of oxazole rings is 1. The number of phenols is 1. The highest BCUT2D eigenvalue weighted by atomic mass is 79.9. The molecule has 0 aliphatic carbocycles. The van der Waals surface area contributed by atoms with Gasteiger partial charge in [0.1, 0.15) is 17.0 Å². The maximum absolute atomic E-state index is 12.7. The van der Waals surface area contributed by atoms with Gasteiger partial charge in [0.05, 0.1) is 11.1 Å². The number of nitrogens with zero attached hydrogens (tertiary/aromatic N) is 1. The molecule has 4 rings (SSSR count). The lowest BCUT2D eigenvalue weighted by Gasteiger charge is -2.08. The first-order valence-corrected chi connectivity index (χ1v) is 11.8. The smallest absolute Gasteiger partial charge is 0.255 e. The van der Waals surface area contributed by atoms with Gasteiger partial charge in [-0.05, 0) is 83.0 Å². The molecule has 0 saturated heterocycles. The fraction of sp³-hybridized carbons (Fsp3) is 0.231. The Morgan fingerprint density at radius 2 is 1.88 bits per heavy atom. The lowest BCUT2D eigenvalue weighted by atomic mass is 10.2. The molecule has 0 spiro atoms. The number of benzene rings is 3. The van der Waals surface area contributed by atoms with Crippen molar-refractivity contribution in [3.05, 3.63) is 70.7 Å². The van der Waals surface area contributed by atoms with Gasteiger partial charge in [-0.3, -0.25) is 4.79 Å². The molecule has 7 heteroatoms. The van der Waals surface area contributed by atoms with Crippen LogP contribution < -0.4 is 10.1 Å². The summed E-state index contributed by atoms with van der Waals surface area (Å²) in [4.78, 5) is 17.2. The largest absolute Gasteiger partial charge is 0.507 e. The molecule has 0 atom stereocenters.